The summed E-state index contributed by atoms with van der Waals surface area (Å²) >= 11 is 0. The number of phenols is 1. The molecule has 0 aliphatic heterocycles. The van der Waals surface area contributed by atoms with E-state index in [2.05, 4.69) is 20.6 Å². The standard InChI is InChI=1S/C23H26N4O2/c1-14-10-17(11-15(2)22(14)28)16-8-9-19-20(12-16)26-21(13-24-19)27-23(29)25-18-6-4-3-5-7-18/h8-13,18,28H,3-7H2,1-2H3,(H2,25,26,27,29). The van der Waals surface area contributed by atoms with Gasteiger partial charge in [-0.15, -0.1) is 0 Å². The third kappa shape index (κ3) is 4.31. The molecule has 1 fully saturated rings. The third-order valence-electron chi connectivity index (χ3n) is 5.55. The molecule has 150 valence electrons. The van der Waals surface area contributed by atoms with Crippen molar-refractivity contribution in [2.75, 3.05) is 5.32 Å². The molecular formula is C23H26N4O2. The van der Waals surface area contributed by atoms with E-state index in [9.17, 15) is 9.90 Å². The summed E-state index contributed by atoms with van der Waals surface area (Å²) in [6.45, 7) is 3.78. The van der Waals surface area contributed by atoms with Crippen molar-refractivity contribution in [3.05, 3.63) is 47.7 Å². The van der Waals surface area contributed by atoms with Crippen molar-refractivity contribution in [1.82, 2.24) is 15.3 Å². The summed E-state index contributed by atoms with van der Waals surface area (Å²) in [5, 5.41) is 15.9. The Hall–Kier alpha value is -3.15. The number of carbonyl (C=O) groups is 1. The first-order chi connectivity index (χ1) is 14.0. The highest BCUT2D eigenvalue weighted by Gasteiger charge is 2.16. The number of anilines is 1. The molecule has 0 radical (unpaired) electrons. The highest BCUT2D eigenvalue weighted by molar-refractivity contribution is 5.90. The van der Waals surface area contributed by atoms with Gasteiger partial charge in [-0.3, -0.25) is 10.3 Å². The molecule has 3 N–H and O–H groups in total. The number of carbonyl (C=O) groups excluding carboxylic acids is 1. The molecule has 0 saturated heterocycles. The maximum atomic E-state index is 12.3. The van der Waals surface area contributed by atoms with Gasteiger partial charge in [0.15, 0.2) is 5.82 Å². The fourth-order valence-corrected chi connectivity index (χ4v) is 3.96. The average molecular weight is 390 g/mol. The van der Waals surface area contributed by atoms with Crippen LogP contribution >= 0.6 is 0 Å². The number of aromatic hydroxyl groups is 1. The van der Waals surface area contributed by atoms with Gasteiger partial charge < -0.3 is 10.4 Å². The van der Waals surface area contributed by atoms with Gasteiger partial charge >= 0.3 is 6.03 Å². The van der Waals surface area contributed by atoms with Crippen LogP contribution in [0.4, 0.5) is 10.6 Å². The van der Waals surface area contributed by atoms with Crippen LogP contribution in [0.5, 0.6) is 5.75 Å². The van der Waals surface area contributed by atoms with E-state index in [0.29, 0.717) is 17.1 Å². The van der Waals surface area contributed by atoms with E-state index in [4.69, 9.17) is 0 Å². The lowest BCUT2D eigenvalue weighted by atomic mass is 9.96. The zero-order valence-electron chi connectivity index (χ0n) is 16.8. The zero-order chi connectivity index (χ0) is 20.4. The van der Waals surface area contributed by atoms with Crippen LogP contribution in [0.15, 0.2) is 36.5 Å². The Bertz CT molecular complexity index is 1030. The molecule has 1 aliphatic carbocycles. The number of nitrogens with zero attached hydrogens (tertiary/aromatic N) is 2. The van der Waals surface area contributed by atoms with E-state index in [1.165, 1.54) is 19.3 Å². The van der Waals surface area contributed by atoms with Crippen LogP contribution in [-0.4, -0.2) is 27.1 Å². The lowest BCUT2D eigenvalue weighted by molar-refractivity contribution is 0.244. The summed E-state index contributed by atoms with van der Waals surface area (Å²) in [4.78, 5) is 21.3. The van der Waals surface area contributed by atoms with Crippen molar-refractivity contribution in [2.24, 2.45) is 0 Å². The summed E-state index contributed by atoms with van der Waals surface area (Å²) < 4.78 is 0. The van der Waals surface area contributed by atoms with Crippen molar-refractivity contribution in [3.63, 3.8) is 0 Å². The Balaban J connectivity index is 1.56. The quantitative estimate of drug-likeness (QED) is 0.582. The number of nitrogens with one attached hydrogen (secondary N) is 2. The van der Waals surface area contributed by atoms with Gasteiger partial charge in [-0.05, 0) is 73.2 Å². The molecule has 3 aromatic rings. The van der Waals surface area contributed by atoms with E-state index in [1.54, 1.807) is 6.20 Å². The molecule has 2 aromatic carbocycles. The van der Waals surface area contributed by atoms with E-state index in [-0.39, 0.29) is 12.1 Å². The highest BCUT2D eigenvalue weighted by atomic mass is 16.3. The van der Waals surface area contributed by atoms with Gasteiger partial charge in [0.2, 0.25) is 0 Å². The minimum absolute atomic E-state index is 0.230. The Kier molecular flexibility index (Phi) is 5.34. The molecule has 1 aliphatic rings. The van der Waals surface area contributed by atoms with E-state index in [0.717, 1.165) is 40.6 Å². The van der Waals surface area contributed by atoms with Gasteiger partial charge in [-0.1, -0.05) is 25.3 Å². The summed E-state index contributed by atoms with van der Waals surface area (Å²) in [7, 11) is 0. The molecule has 0 atom stereocenters. The van der Waals surface area contributed by atoms with Crippen molar-refractivity contribution in [1.29, 1.82) is 0 Å². The topological polar surface area (TPSA) is 87.1 Å². The molecule has 6 heteroatoms. The second-order valence-electron chi connectivity index (χ2n) is 7.85. The molecule has 2 amide bonds. The lowest BCUT2D eigenvalue weighted by Gasteiger charge is -2.22. The number of hydrogen-bond acceptors (Lipinski definition) is 4. The van der Waals surface area contributed by atoms with Crippen LogP contribution in [-0.2, 0) is 0 Å². The van der Waals surface area contributed by atoms with Crippen LogP contribution in [0, 0.1) is 13.8 Å². The normalized spacial score (nSPS) is 14.7. The number of phenolic OH excluding ortho intramolecular Hbond substituents is 1. The maximum absolute atomic E-state index is 12.3. The number of rotatable bonds is 3. The van der Waals surface area contributed by atoms with Crippen molar-refractivity contribution >= 4 is 22.9 Å². The summed E-state index contributed by atoms with van der Waals surface area (Å²) in [6, 6.07) is 9.79. The molecule has 0 unspecified atom stereocenters. The molecule has 1 aromatic heterocycles. The SMILES string of the molecule is Cc1cc(-c2ccc3ncc(NC(=O)NC4CCCCC4)nc3c2)cc(C)c1O. The Morgan fingerprint density at radius 2 is 1.72 bits per heavy atom. The van der Waals surface area contributed by atoms with Crippen molar-refractivity contribution in [3.8, 4) is 16.9 Å². The number of benzene rings is 2. The second-order valence-corrected chi connectivity index (χ2v) is 7.85. The van der Waals surface area contributed by atoms with Crippen LogP contribution in [0.1, 0.15) is 43.2 Å². The van der Waals surface area contributed by atoms with Gasteiger partial charge in [-0.2, -0.15) is 0 Å². The van der Waals surface area contributed by atoms with Gasteiger partial charge in [-0.25, -0.2) is 9.78 Å². The van der Waals surface area contributed by atoms with Crippen molar-refractivity contribution < 1.29 is 9.90 Å². The minimum Gasteiger partial charge on any atom is -0.507 e. The first kappa shape index (κ1) is 19.2. The number of aryl methyl sites for hydroxylation is 2. The summed E-state index contributed by atoms with van der Waals surface area (Å²) in [5.74, 6) is 0.755. The summed E-state index contributed by atoms with van der Waals surface area (Å²) in [5.41, 5.74) is 5.14. The van der Waals surface area contributed by atoms with Gasteiger partial charge in [0.1, 0.15) is 5.75 Å². The lowest BCUT2D eigenvalue weighted by Crippen LogP contribution is -2.39. The van der Waals surface area contributed by atoms with Gasteiger partial charge in [0.05, 0.1) is 17.2 Å². The first-order valence-corrected chi connectivity index (χ1v) is 10.1. The first-order valence-electron chi connectivity index (χ1n) is 10.1. The smallest absolute Gasteiger partial charge is 0.320 e. The number of urea groups is 1. The second kappa shape index (κ2) is 8.07. The molecule has 29 heavy (non-hydrogen) atoms. The van der Waals surface area contributed by atoms with E-state index >= 15 is 0 Å². The number of fused-ring (bicyclic) bond motifs is 1. The fourth-order valence-electron chi connectivity index (χ4n) is 3.96. The highest BCUT2D eigenvalue weighted by Crippen LogP contribution is 2.30. The van der Waals surface area contributed by atoms with Crippen LogP contribution in [0.2, 0.25) is 0 Å². The zero-order valence-corrected chi connectivity index (χ0v) is 16.8. The Morgan fingerprint density at radius 3 is 2.45 bits per heavy atom. The predicted octanol–water partition coefficient (Wildman–Crippen LogP) is 5.07. The Labute approximate surface area is 170 Å². The summed E-state index contributed by atoms with van der Waals surface area (Å²) in [6.07, 6.45) is 7.23. The monoisotopic (exact) mass is 390 g/mol. The minimum atomic E-state index is -0.230. The molecular weight excluding hydrogens is 364 g/mol. The van der Waals surface area contributed by atoms with Crippen LogP contribution < -0.4 is 10.6 Å². The van der Waals surface area contributed by atoms with E-state index < -0.39 is 0 Å². The van der Waals surface area contributed by atoms with Crippen LogP contribution in [0.25, 0.3) is 22.2 Å². The molecule has 1 saturated carbocycles. The van der Waals surface area contributed by atoms with Gasteiger partial charge in [0.25, 0.3) is 0 Å². The van der Waals surface area contributed by atoms with Gasteiger partial charge in [0, 0.05) is 6.04 Å². The van der Waals surface area contributed by atoms with E-state index in [1.807, 2.05) is 44.2 Å². The third-order valence-corrected chi connectivity index (χ3v) is 5.55. The molecule has 4 rings (SSSR count). The number of aromatic nitrogens is 2. The van der Waals surface area contributed by atoms with Crippen molar-refractivity contribution in [2.45, 2.75) is 52.0 Å². The largest absolute Gasteiger partial charge is 0.507 e. The average Bonchev–Trinajstić information content (AvgIpc) is 2.71. The van der Waals surface area contributed by atoms with Crippen LogP contribution in [0.3, 0.4) is 0 Å². The predicted molar refractivity (Wildman–Crippen MR) is 115 cm³/mol. The molecule has 1 heterocycles. The maximum Gasteiger partial charge on any atom is 0.320 e. The molecule has 6 nitrogen and oxygen atoms in total. The molecule has 0 bridgehead atoms. The number of hydrogen-bond donors (Lipinski definition) is 3. The number of amides is 2. The Morgan fingerprint density at radius 1 is 1.00 bits per heavy atom. The fraction of sp³-hybridized carbons (Fsp3) is 0.348. The molecule has 0 spiro atoms.